The Kier molecular flexibility index (Phi) is 5.96. The molecule has 21 heavy (non-hydrogen) atoms. The van der Waals surface area contributed by atoms with Crippen molar-refractivity contribution in [3.05, 3.63) is 18.2 Å². The summed E-state index contributed by atoms with van der Waals surface area (Å²) in [4.78, 5) is 19.3. The Labute approximate surface area is 136 Å². The quantitative estimate of drug-likeness (QED) is 0.892. The molecule has 2 aliphatic rings. The lowest BCUT2D eigenvalue weighted by atomic mass is 9.99. The van der Waals surface area contributed by atoms with E-state index < -0.39 is 0 Å². The summed E-state index contributed by atoms with van der Waals surface area (Å²) >= 11 is 1.96. The molecule has 2 saturated heterocycles. The molecule has 1 amide bonds. The predicted octanol–water partition coefficient (Wildman–Crippen LogP) is 1.46. The Bertz CT molecular complexity index is 475. The first kappa shape index (κ1) is 16.6. The number of hydrogen-bond acceptors (Lipinski definition) is 4. The van der Waals surface area contributed by atoms with E-state index in [1.54, 1.807) is 0 Å². The summed E-state index contributed by atoms with van der Waals surface area (Å²) in [6.45, 7) is 2.48. The third-order valence-electron chi connectivity index (χ3n) is 4.25. The number of halogens is 1. The third-order valence-corrected chi connectivity index (χ3v) is 5.30. The van der Waals surface area contributed by atoms with E-state index in [1.165, 1.54) is 0 Å². The summed E-state index contributed by atoms with van der Waals surface area (Å²) in [6.07, 6.45) is 5.81. The molecular formula is C14H23ClN4OS. The molecule has 1 N–H and O–H groups in total. The molecule has 0 aliphatic carbocycles. The van der Waals surface area contributed by atoms with Gasteiger partial charge < -0.3 is 14.8 Å². The van der Waals surface area contributed by atoms with E-state index in [2.05, 4.69) is 15.2 Å². The topological polar surface area (TPSA) is 50.2 Å². The molecular weight excluding hydrogens is 308 g/mol. The van der Waals surface area contributed by atoms with E-state index in [0.717, 1.165) is 49.8 Å². The van der Waals surface area contributed by atoms with Crippen molar-refractivity contribution in [1.29, 1.82) is 0 Å². The first-order chi connectivity index (χ1) is 9.77. The van der Waals surface area contributed by atoms with Crippen molar-refractivity contribution in [1.82, 2.24) is 19.8 Å². The van der Waals surface area contributed by atoms with Crippen LogP contribution in [0.4, 0.5) is 0 Å². The van der Waals surface area contributed by atoms with Crippen LogP contribution in [0.1, 0.15) is 24.7 Å². The van der Waals surface area contributed by atoms with Crippen LogP contribution in [0.15, 0.2) is 12.4 Å². The van der Waals surface area contributed by atoms with Gasteiger partial charge in [0.2, 0.25) is 5.91 Å². The van der Waals surface area contributed by atoms with Gasteiger partial charge in [-0.25, -0.2) is 4.98 Å². The first-order valence-electron chi connectivity index (χ1n) is 7.33. The molecule has 2 fully saturated rings. The number of carbonyl (C=O) groups is 1. The lowest BCUT2D eigenvalue weighted by Gasteiger charge is -2.38. The van der Waals surface area contributed by atoms with E-state index in [4.69, 9.17) is 0 Å². The number of imidazole rings is 1. The molecule has 7 heteroatoms. The SMILES string of the molecule is Cl.Cn1ccnc1C1CNCCN1C(=O)C1CCSCC1. The molecule has 0 bridgehead atoms. The molecule has 3 heterocycles. The lowest BCUT2D eigenvalue weighted by Crippen LogP contribution is -2.51. The number of hydrogen-bond donors (Lipinski definition) is 1. The summed E-state index contributed by atoms with van der Waals surface area (Å²) in [5, 5.41) is 3.39. The van der Waals surface area contributed by atoms with Gasteiger partial charge >= 0.3 is 0 Å². The van der Waals surface area contributed by atoms with Crippen molar-refractivity contribution in [2.45, 2.75) is 18.9 Å². The fraction of sp³-hybridized carbons (Fsp3) is 0.714. The number of rotatable bonds is 2. The van der Waals surface area contributed by atoms with Crippen LogP contribution in [0.25, 0.3) is 0 Å². The Morgan fingerprint density at radius 3 is 2.86 bits per heavy atom. The molecule has 0 saturated carbocycles. The van der Waals surface area contributed by atoms with Crippen LogP contribution in [-0.2, 0) is 11.8 Å². The molecule has 1 unspecified atom stereocenters. The molecule has 1 aromatic rings. The number of nitrogens with one attached hydrogen (secondary N) is 1. The third kappa shape index (κ3) is 3.55. The van der Waals surface area contributed by atoms with Gasteiger partial charge in [-0.15, -0.1) is 12.4 Å². The minimum atomic E-state index is 0. The van der Waals surface area contributed by atoms with Crippen molar-refractivity contribution in [2.24, 2.45) is 13.0 Å². The predicted molar refractivity (Wildman–Crippen MR) is 87.8 cm³/mol. The molecule has 0 spiro atoms. The second kappa shape index (κ2) is 7.51. The van der Waals surface area contributed by atoms with Gasteiger partial charge in [-0.3, -0.25) is 4.79 Å². The van der Waals surface area contributed by atoms with Gasteiger partial charge in [0.25, 0.3) is 0 Å². The second-order valence-corrected chi connectivity index (χ2v) is 6.76. The molecule has 1 aromatic heterocycles. The van der Waals surface area contributed by atoms with Gasteiger partial charge in [-0.2, -0.15) is 11.8 Å². The maximum atomic E-state index is 12.8. The highest BCUT2D eigenvalue weighted by Gasteiger charge is 2.34. The minimum absolute atomic E-state index is 0. The normalized spacial score (nSPS) is 23.7. The monoisotopic (exact) mass is 330 g/mol. The Morgan fingerprint density at radius 2 is 2.19 bits per heavy atom. The van der Waals surface area contributed by atoms with Crippen LogP contribution >= 0.6 is 24.2 Å². The van der Waals surface area contributed by atoms with Gasteiger partial charge in [0.05, 0.1) is 0 Å². The highest BCUT2D eigenvalue weighted by Crippen LogP contribution is 2.28. The highest BCUT2D eigenvalue weighted by atomic mass is 35.5. The zero-order chi connectivity index (χ0) is 13.9. The first-order valence-corrected chi connectivity index (χ1v) is 8.49. The molecule has 0 aromatic carbocycles. The molecule has 1 atom stereocenters. The smallest absolute Gasteiger partial charge is 0.226 e. The number of nitrogens with zero attached hydrogens (tertiary/aromatic N) is 3. The van der Waals surface area contributed by atoms with Crippen molar-refractivity contribution >= 4 is 30.1 Å². The van der Waals surface area contributed by atoms with Gasteiger partial charge in [-0.05, 0) is 24.3 Å². The van der Waals surface area contributed by atoms with Crippen LogP contribution in [0.5, 0.6) is 0 Å². The van der Waals surface area contributed by atoms with Crippen LogP contribution in [0, 0.1) is 5.92 Å². The van der Waals surface area contributed by atoms with E-state index in [1.807, 2.05) is 35.8 Å². The van der Waals surface area contributed by atoms with Gasteiger partial charge in [0.1, 0.15) is 11.9 Å². The van der Waals surface area contributed by atoms with E-state index in [-0.39, 0.29) is 24.4 Å². The zero-order valence-corrected chi connectivity index (χ0v) is 14.0. The minimum Gasteiger partial charge on any atom is -0.336 e. The number of thioether (sulfide) groups is 1. The van der Waals surface area contributed by atoms with Gasteiger partial charge in [-0.1, -0.05) is 0 Å². The molecule has 118 valence electrons. The molecule has 5 nitrogen and oxygen atoms in total. The number of carbonyl (C=O) groups excluding carboxylic acids is 1. The summed E-state index contributed by atoms with van der Waals surface area (Å²) in [5.41, 5.74) is 0. The fourth-order valence-corrected chi connectivity index (χ4v) is 4.18. The second-order valence-electron chi connectivity index (χ2n) is 5.53. The maximum absolute atomic E-state index is 12.8. The summed E-state index contributed by atoms with van der Waals surface area (Å²) in [5.74, 6) is 3.78. The van der Waals surface area contributed by atoms with Crippen molar-refractivity contribution in [2.75, 3.05) is 31.1 Å². The van der Waals surface area contributed by atoms with Crippen molar-refractivity contribution in [3.63, 3.8) is 0 Å². The van der Waals surface area contributed by atoms with Crippen molar-refractivity contribution < 1.29 is 4.79 Å². The van der Waals surface area contributed by atoms with Gasteiger partial charge in [0, 0.05) is 45.0 Å². The largest absolute Gasteiger partial charge is 0.336 e. The zero-order valence-electron chi connectivity index (χ0n) is 12.3. The summed E-state index contributed by atoms with van der Waals surface area (Å²) < 4.78 is 2.02. The molecule has 2 aliphatic heterocycles. The number of piperazine rings is 1. The van der Waals surface area contributed by atoms with Crippen molar-refractivity contribution in [3.8, 4) is 0 Å². The van der Waals surface area contributed by atoms with Crippen LogP contribution in [-0.4, -0.2) is 51.5 Å². The highest BCUT2D eigenvalue weighted by molar-refractivity contribution is 7.99. The Balaban J connectivity index is 0.00000161. The van der Waals surface area contributed by atoms with Crippen LogP contribution in [0.2, 0.25) is 0 Å². The maximum Gasteiger partial charge on any atom is 0.226 e. The Morgan fingerprint density at radius 1 is 1.43 bits per heavy atom. The average Bonchev–Trinajstić information content (AvgIpc) is 2.93. The standard InChI is InChI=1S/C14H22N4OS.ClH/c1-17-6-5-16-13(17)12-10-15-4-7-18(12)14(19)11-2-8-20-9-3-11;/h5-6,11-12,15H,2-4,7-10H2,1H3;1H. The number of aromatic nitrogens is 2. The lowest BCUT2D eigenvalue weighted by molar-refractivity contribution is -0.139. The molecule has 0 radical (unpaired) electrons. The van der Waals surface area contributed by atoms with E-state index >= 15 is 0 Å². The summed E-state index contributed by atoms with van der Waals surface area (Å²) in [7, 11) is 2.00. The summed E-state index contributed by atoms with van der Waals surface area (Å²) in [6, 6.07) is 0.0748. The average molecular weight is 331 g/mol. The van der Waals surface area contributed by atoms with Crippen LogP contribution in [0.3, 0.4) is 0 Å². The van der Waals surface area contributed by atoms with E-state index in [9.17, 15) is 4.79 Å². The number of aryl methyl sites for hydroxylation is 1. The van der Waals surface area contributed by atoms with E-state index in [0.29, 0.717) is 5.91 Å². The Hall–Kier alpha value is -0.720. The van der Waals surface area contributed by atoms with Crippen LogP contribution < -0.4 is 5.32 Å². The molecule has 3 rings (SSSR count). The number of amides is 1. The fourth-order valence-electron chi connectivity index (χ4n) is 3.08. The van der Waals surface area contributed by atoms with Gasteiger partial charge in [0.15, 0.2) is 0 Å².